The van der Waals surface area contributed by atoms with Crippen molar-refractivity contribution in [2.45, 2.75) is 25.8 Å². The van der Waals surface area contributed by atoms with Gasteiger partial charge in [0.05, 0.1) is 12.7 Å². The van der Waals surface area contributed by atoms with Gasteiger partial charge in [-0.3, -0.25) is 4.79 Å². The summed E-state index contributed by atoms with van der Waals surface area (Å²) in [6, 6.07) is 3.53. The summed E-state index contributed by atoms with van der Waals surface area (Å²) < 4.78 is 5.04. The molecule has 78 valence electrons. The van der Waals surface area contributed by atoms with Crippen molar-refractivity contribution in [1.82, 2.24) is 5.32 Å². The zero-order valence-electron chi connectivity index (χ0n) is 8.54. The minimum atomic E-state index is -0.376. The molecule has 4 nitrogen and oxygen atoms in total. The fourth-order valence-electron chi connectivity index (χ4n) is 0.960. The van der Waals surface area contributed by atoms with Gasteiger partial charge in [0.15, 0.2) is 0 Å². The van der Waals surface area contributed by atoms with Gasteiger partial charge in [-0.25, -0.2) is 0 Å². The Balaban J connectivity index is 2.30. The second-order valence-corrected chi connectivity index (χ2v) is 4.02. The van der Waals surface area contributed by atoms with E-state index < -0.39 is 0 Å². The minimum absolute atomic E-state index is 0.0709. The lowest BCUT2D eigenvalue weighted by molar-refractivity contribution is -0.120. The predicted octanol–water partition coefficient (Wildman–Crippen LogP) is 0.676. The topological polar surface area (TPSA) is 68.3 Å². The molecule has 0 aliphatic carbocycles. The van der Waals surface area contributed by atoms with Crippen LogP contribution in [0.15, 0.2) is 22.8 Å². The molecule has 1 aromatic rings. The lowest BCUT2D eigenvalue weighted by Gasteiger charge is -2.18. The Morgan fingerprint density at radius 2 is 2.36 bits per heavy atom. The smallest absolute Gasteiger partial charge is 0.227 e. The van der Waals surface area contributed by atoms with Gasteiger partial charge in [-0.05, 0) is 26.0 Å². The largest absolute Gasteiger partial charge is 0.469 e. The maximum absolute atomic E-state index is 11.3. The van der Waals surface area contributed by atoms with Gasteiger partial charge in [0.1, 0.15) is 5.76 Å². The van der Waals surface area contributed by atoms with Crippen LogP contribution in [0.1, 0.15) is 19.6 Å². The van der Waals surface area contributed by atoms with Crippen molar-refractivity contribution in [1.29, 1.82) is 0 Å². The lowest BCUT2D eigenvalue weighted by atomic mass is 10.1. The summed E-state index contributed by atoms with van der Waals surface area (Å²) in [4.78, 5) is 11.3. The van der Waals surface area contributed by atoms with Crippen LogP contribution in [0.25, 0.3) is 0 Å². The molecule has 1 amide bonds. The van der Waals surface area contributed by atoms with Gasteiger partial charge in [0, 0.05) is 12.1 Å². The number of rotatable bonds is 4. The molecule has 1 heterocycles. The normalized spacial score (nSPS) is 11.4. The molecule has 14 heavy (non-hydrogen) atoms. The summed E-state index contributed by atoms with van der Waals surface area (Å²) >= 11 is 0. The molecule has 0 atom stereocenters. The van der Waals surface area contributed by atoms with Crippen molar-refractivity contribution < 1.29 is 9.21 Å². The minimum Gasteiger partial charge on any atom is -0.469 e. The first kappa shape index (κ1) is 10.8. The van der Waals surface area contributed by atoms with Gasteiger partial charge >= 0.3 is 0 Å². The van der Waals surface area contributed by atoms with Gasteiger partial charge in [-0.2, -0.15) is 0 Å². The zero-order chi connectivity index (χ0) is 10.6. The standard InChI is InChI=1S/C10H16N2O2/c1-10(2,11)7-12-9(13)6-8-4-3-5-14-8/h3-5H,6-7,11H2,1-2H3,(H,12,13). The van der Waals surface area contributed by atoms with Crippen molar-refractivity contribution in [2.24, 2.45) is 5.73 Å². The molecule has 0 aromatic carbocycles. The van der Waals surface area contributed by atoms with E-state index in [2.05, 4.69) is 5.32 Å². The van der Waals surface area contributed by atoms with Crippen LogP contribution >= 0.6 is 0 Å². The van der Waals surface area contributed by atoms with E-state index in [1.807, 2.05) is 13.8 Å². The number of furan rings is 1. The number of carbonyl (C=O) groups excluding carboxylic acids is 1. The highest BCUT2D eigenvalue weighted by Gasteiger charge is 2.12. The Bertz CT molecular complexity index is 286. The number of hydrogen-bond acceptors (Lipinski definition) is 3. The van der Waals surface area contributed by atoms with Gasteiger partial charge in [0.2, 0.25) is 5.91 Å². The van der Waals surface area contributed by atoms with E-state index in [-0.39, 0.29) is 17.9 Å². The molecule has 1 rings (SSSR count). The fourth-order valence-corrected chi connectivity index (χ4v) is 0.960. The molecule has 1 aromatic heterocycles. The Hall–Kier alpha value is -1.29. The second kappa shape index (κ2) is 4.28. The molecule has 0 saturated carbocycles. The van der Waals surface area contributed by atoms with Gasteiger partial charge in [-0.1, -0.05) is 0 Å². The molecular formula is C10H16N2O2. The van der Waals surface area contributed by atoms with Crippen molar-refractivity contribution >= 4 is 5.91 Å². The van der Waals surface area contributed by atoms with Crippen molar-refractivity contribution in [3.63, 3.8) is 0 Å². The fraction of sp³-hybridized carbons (Fsp3) is 0.500. The van der Waals surface area contributed by atoms with Crippen LogP contribution < -0.4 is 11.1 Å². The third-order valence-electron chi connectivity index (χ3n) is 1.66. The second-order valence-electron chi connectivity index (χ2n) is 4.02. The van der Waals surface area contributed by atoms with E-state index in [0.717, 1.165) is 0 Å². The number of nitrogens with one attached hydrogen (secondary N) is 1. The molecule has 0 unspecified atom stereocenters. The van der Waals surface area contributed by atoms with E-state index >= 15 is 0 Å². The first-order valence-electron chi connectivity index (χ1n) is 4.55. The van der Waals surface area contributed by atoms with Crippen molar-refractivity contribution in [3.8, 4) is 0 Å². The average molecular weight is 196 g/mol. The van der Waals surface area contributed by atoms with E-state index in [1.54, 1.807) is 18.4 Å². The first-order chi connectivity index (χ1) is 6.47. The van der Waals surface area contributed by atoms with E-state index in [0.29, 0.717) is 12.3 Å². The van der Waals surface area contributed by atoms with Crippen LogP contribution in [0, 0.1) is 0 Å². The van der Waals surface area contributed by atoms with Crippen LogP contribution in [0.5, 0.6) is 0 Å². The first-order valence-corrected chi connectivity index (χ1v) is 4.55. The molecule has 0 radical (unpaired) electrons. The van der Waals surface area contributed by atoms with Crippen LogP contribution in [-0.4, -0.2) is 18.0 Å². The summed E-state index contributed by atoms with van der Waals surface area (Å²) in [5.41, 5.74) is 5.34. The molecule has 0 spiro atoms. The van der Waals surface area contributed by atoms with Crippen molar-refractivity contribution in [2.75, 3.05) is 6.54 Å². The van der Waals surface area contributed by atoms with E-state index in [9.17, 15) is 4.79 Å². The Labute approximate surface area is 83.5 Å². The predicted molar refractivity (Wildman–Crippen MR) is 53.7 cm³/mol. The Kier molecular flexibility index (Phi) is 3.30. The molecule has 0 aliphatic rings. The number of amides is 1. The van der Waals surface area contributed by atoms with Gasteiger partial charge in [0.25, 0.3) is 0 Å². The molecule has 0 saturated heterocycles. The molecule has 0 aliphatic heterocycles. The highest BCUT2D eigenvalue weighted by molar-refractivity contribution is 5.77. The van der Waals surface area contributed by atoms with Gasteiger partial charge in [-0.15, -0.1) is 0 Å². The number of nitrogens with two attached hydrogens (primary N) is 1. The van der Waals surface area contributed by atoms with Crippen LogP contribution in [0.4, 0.5) is 0 Å². The summed E-state index contributed by atoms with van der Waals surface area (Å²) in [5.74, 6) is 0.593. The maximum Gasteiger partial charge on any atom is 0.227 e. The van der Waals surface area contributed by atoms with Crippen molar-refractivity contribution in [3.05, 3.63) is 24.2 Å². The zero-order valence-corrected chi connectivity index (χ0v) is 8.54. The summed E-state index contributed by atoms with van der Waals surface area (Å²) in [7, 11) is 0. The molecule has 4 heteroatoms. The highest BCUT2D eigenvalue weighted by Crippen LogP contribution is 2.01. The summed E-state index contributed by atoms with van der Waals surface area (Å²) in [6.07, 6.45) is 1.82. The monoisotopic (exact) mass is 196 g/mol. The molecule has 3 N–H and O–H groups in total. The highest BCUT2D eigenvalue weighted by atomic mass is 16.3. The Morgan fingerprint density at radius 3 is 2.86 bits per heavy atom. The molecule has 0 bridgehead atoms. The van der Waals surface area contributed by atoms with Gasteiger partial charge < -0.3 is 15.5 Å². The maximum atomic E-state index is 11.3. The van der Waals surface area contributed by atoms with E-state index in [1.165, 1.54) is 0 Å². The average Bonchev–Trinajstić information content (AvgIpc) is 2.52. The van der Waals surface area contributed by atoms with Crippen LogP contribution in [0.3, 0.4) is 0 Å². The number of carbonyl (C=O) groups is 1. The molecular weight excluding hydrogens is 180 g/mol. The third kappa shape index (κ3) is 4.09. The third-order valence-corrected chi connectivity index (χ3v) is 1.66. The van der Waals surface area contributed by atoms with Crippen LogP contribution in [-0.2, 0) is 11.2 Å². The van der Waals surface area contributed by atoms with Crippen LogP contribution in [0.2, 0.25) is 0 Å². The Morgan fingerprint density at radius 1 is 1.64 bits per heavy atom. The SMILES string of the molecule is CC(C)(N)CNC(=O)Cc1ccco1. The number of hydrogen-bond donors (Lipinski definition) is 2. The lowest BCUT2D eigenvalue weighted by Crippen LogP contribution is -2.45. The van der Waals surface area contributed by atoms with E-state index in [4.69, 9.17) is 10.2 Å². The quantitative estimate of drug-likeness (QED) is 0.744. The summed E-state index contributed by atoms with van der Waals surface area (Å²) in [5, 5.41) is 2.74. The summed E-state index contributed by atoms with van der Waals surface area (Å²) in [6.45, 7) is 4.19. The molecule has 0 fully saturated rings.